The van der Waals surface area contributed by atoms with Crippen molar-refractivity contribution in [1.82, 2.24) is 4.98 Å². The molecule has 3 heteroatoms. The predicted molar refractivity (Wildman–Crippen MR) is 68.7 cm³/mol. The number of aromatic nitrogens is 1. The molecule has 2 aromatic rings. The zero-order chi connectivity index (χ0) is 12.3. The molecule has 3 nitrogen and oxygen atoms in total. The van der Waals surface area contributed by atoms with Crippen LogP contribution >= 0.6 is 0 Å². The number of nitrogens with zero attached hydrogens (tertiary/aromatic N) is 1. The smallest absolute Gasteiger partial charge is 0.221 e. The number of carbonyl (C=O) groups excluding carboxylic acids is 1. The third kappa shape index (κ3) is 2.69. The van der Waals surface area contributed by atoms with E-state index in [4.69, 9.17) is 0 Å². The van der Waals surface area contributed by atoms with E-state index in [-0.39, 0.29) is 5.91 Å². The Hall–Kier alpha value is -2.16. The van der Waals surface area contributed by atoms with E-state index in [0.717, 1.165) is 16.8 Å². The van der Waals surface area contributed by atoms with Gasteiger partial charge in [0.1, 0.15) is 0 Å². The van der Waals surface area contributed by atoms with Crippen molar-refractivity contribution in [2.75, 3.05) is 5.32 Å². The van der Waals surface area contributed by atoms with Gasteiger partial charge >= 0.3 is 0 Å². The van der Waals surface area contributed by atoms with Crippen LogP contribution in [0, 0.1) is 6.92 Å². The number of nitrogens with one attached hydrogen (secondary N) is 1. The fraction of sp³-hybridized carbons (Fsp3) is 0.143. The summed E-state index contributed by atoms with van der Waals surface area (Å²) in [7, 11) is 0. The van der Waals surface area contributed by atoms with Gasteiger partial charge in [-0.1, -0.05) is 12.1 Å². The SMILES string of the molecule is CC(=O)Nc1ccc(-c2cnccc2C)cc1. The zero-order valence-electron chi connectivity index (χ0n) is 9.90. The van der Waals surface area contributed by atoms with Crippen molar-refractivity contribution < 1.29 is 4.79 Å². The first kappa shape index (κ1) is 11.3. The third-order valence-corrected chi connectivity index (χ3v) is 2.56. The minimum Gasteiger partial charge on any atom is -0.326 e. The van der Waals surface area contributed by atoms with E-state index >= 15 is 0 Å². The number of aryl methyl sites for hydroxylation is 1. The standard InChI is InChI=1S/C14H14N2O/c1-10-7-8-15-9-14(10)12-3-5-13(6-4-12)16-11(2)17/h3-9H,1-2H3,(H,16,17). The van der Waals surface area contributed by atoms with Gasteiger partial charge in [-0.05, 0) is 36.2 Å². The molecular weight excluding hydrogens is 212 g/mol. The molecule has 0 saturated heterocycles. The zero-order valence-corrected chi connectivity index (χ0v) is 9.90. The van der Waals surface area contributed by atoms with Crippen molar-refractivity contribution >= 4 is 11.6 Å². The Labute approximate surface area is 101 Å². The molecule has 0 saturated carbocycles. The largest absolute Gasteiger partial charge is 0.326 e. The fourth-order valence-corrected chi connectivity index (χ4v) is 1.70. The first-order valence-electron chi connectivity index (χ1n) is 5.45. The molecule has 0 bridgehead atoms. The summed E-state index contributed by atoms with van der Waals surface area (Å²) in [4.78, 5) is 15.0. The summed E-state index contributed by atoms with van der Waals surface area (Å²) < 4.78 is 0. The van der Waals surface area contributed by atoms with Gasteiger partial charge in [0.15, 0.2) is 0 Å². The first-order chi connectivity index (χ1) is 8.16. The normalized spacial score (nSPS) is 10.0. The van der Waals surface area contributed by atoms with Gasteiger partial charge in [-0.2, -0.15) is 0 Å². The van der Waals surface area contributed by atoms with Crippen molar-refractivity contribution in [1.29, 1.82) is 0 Å². The molecule has 1 aromatic heterocycles. The van der Waals surface area contributed by atoms with Crippen molar-refractivity contribution in [2.24, 2.45) is 0 Å². The lowest BCUT2D eigenvalue weighted by atomic mass is 10.0. The Balaban J connectivity index is 2.30. The third-order valence-electron chi connectivity index (χ3n) is 2.56. The summed E-state index contributed by atoms with van der Waals surface area (Å²) in [5, 5.41) is 2.74. The molecule has 0 aliphatic carbocycles. The summed E-state index contributed by atoms with van der Waals surface area (Å²) >= 11 is 0. The Bertz CT molecular complexity index is 532. The molecule has 17 heavy (non-hydrogen) atoms. The Morgan fingerprint density at radius 3 is 2.47 bits per heavy atom. The molecule has 0 aliphatic heterocycles. The van der Waals surface area contributed by atoms with E-state index in [9.17, 15) is 4.79 Å². The summed E-state index contributed by atoms with van der Waals surface area (Å²) in [6.45, 7) is 3.55. The second-order valence-corrected chi connectivity index (χ2v) is 3.95. The van der Waals surface area contributed by atoms with Gasteiger partial charge < -0.3 is 5.32 Å². The van der Waals surface area contributed by atoms with Gasteiger partial charge in [0.25, 0.3) is 0 Å². The van der Waals surface area contributed by atoms with Gasteiger partial charge in [0.05, 0.1) is 0 Å². The highest BCUT2D eigenvalue weighted by molar-refractivity contribution is 5.89. The Morgan fingerprint density at radius 1 is 1.18 bits per heavy atom. The number of carbonyl (C=O) groups is 1. The molecule has 0 atom stereocenters. The maximum absolute atomic E-state index is 10.9. The molecule has 1 heterocycles. The second kappa shape index (κ2) is 4.78. The van der Waals surface area contributed by atoms with Gasteiger partial charge in [-0.25, -0.2) is 0 Å². The van der Waals surface area contributed by atoms with Crippen molar-refractivity contribution in [3.05, 3.63) is 48.3 Å². The summed E-state index contributed by atoms with van der Waals surface area (Å²) in [6, 6.07) is 9.73. The molecular formula is C14H14N2O. The van der Waals surface area contributed by atoms with Gasteiger partial charge in [-0.3, -0.25) is 9.78 Å². The highest BCUT2D eigenvalue weighted by atomic mass is 16.1. The average molecular weight is 226 g/mol. The first-order valence-corrected chi connectivity index (χ1v) is 5.45. The van der Waals surface area contributed by atoms with Crippen LogP contribution in [0.4, 0.5) is 5.69 Å². The van der Waals surface area contributed by atoms with E-state index < -0.39 is 0 Å². The maximum Gasteiger partial charge on any atom is 0.221 e. The number of anilines is 1. The number of benzene rings is 1. The molecule has 0 unspecified atom stereocenters. The van der Waals surface area contributed by atoms with Crippen LogP contribution in [0.1, 0.15) is 12.5 Å². The minimum absolute atomic E-state index is 0.0599. The lowest BCUT2D eigenvalue weighted by Crippen LogP contribution is -2.05. The van der Waals surface area contributed by atoms with Crippen LogP contribution in [-0.2, 0) is 4.79 Å². The lowest BCUT2D eigenvalue weighted by molar-refractivity contribution is -0.114. The molecule has 0 spiro atoms. The van der Waals surface area contributed by atoms with Crippen LogP contribution in [0.15, 0.2) is 42.7 Å². The Morgan fingerprint density at radius 2 is 1.88 bits per heavy atom. The summed E-state index contributed by atoms with van der Waals surface area (Å²) in [6.07, 6.45) is 3.63. The number of hydrogen-bond acceptors (Lipinski definition) is 2. The van der Waals surface area contributed by atoms with Gasteiger partial charge in [-0.15, -0.1) is 0 Å². The van der Waals surface area contributed by atoms with Crippen molar-refractivity contribution in [3.8, 4) is 11.1 Å². The highest BCUT2D eigenvalue weighted by Gasteiger charge is 2.02. The van der Waals surface area contributed by atoms with Crippen LogP contribution < -0.4 is 5.32 Å². The molecule has 1 N–H and O–H groups in total. The number of pyridine rings is 1. The van der Waals surface area contributed by atoms with Crippen LogP contribution in [-0.4, -0.2) is 10.9 Å². The summed E-state index contributed by atoms with van der Waals surface area (Å²) in [5.41, 5.74) is 4.21. The molecule has 2 rings (SSSR count). The molecule has 0 fully saturated rings. The van der Waals surface area contributed by atoms with Crippen molar-refractivity contribution in [3.63, 3.8) is 0 Å². The van der Waals surface area contributed by atoms with Crippen molar-refractivity contribution in [2.45, 2.75) is 13.8 Å². The van der Waals surface area contributed by atoms with E-state index in [1.807, 2.05) is 36.5 Å². The molecule has 1 aromatic carbocycles. The highest BCUT2D eigenvalue weighted by Crippen LogP contribution is 2.23. The lowest BCUT2D eigenvalue weighted by Gasteiger charge is -2.06. The van der Waals surface area contributed by atoms with E-state index in [1.54, 1.807) is 6.20 Å². The fourth-order valence-electron chi connectivity index (χ4n) is 1.70. The monoisotopic (exact) mass is 226 g/mol. The van der Waals surface area contributed by atoms with E-state index in [1.165, 1.54) is 12.5 Å². The molecule has 86 valence electrons. The van der Waals surface area contributed by atoms with Crippen LogP contribution in [0.25, 0.3) is 11.1 Å². The number of hydrogen-bond donors (Lipinski definition) is 1. The van der Waals surface area contributed by atoms with Crippen LogP contribution in [0.2, 0.25) is 0 Å². The van der Waals surface area contributed by atoms with E-state index in [2.05, 4.69) is 17.2 Å². The molecule has 0 aliphatic rings. The van der Waals surface area contributed by atoms with Gasteiger partial charge in [0, 0.05) is 30.6 Å². The summed E-state index contributed by atoms with van der Waals surface area (Å²) in [5.74, 6) is -0.0599. The second-order valence-electron chi connectivity index (χ2n) is 3.95. The number of rotatable bonds is 2. The Kier molecular flexibility index (Phi) is 3.19. The van der Waals surface area contributed by atoms with E-state index in [0.29, 0.717) is 0 Å². The van der Waals surface area contributed by atoms with Crippen LogP contribution in [0.3, 0.4) is 0 Å². The minimum atomic E-state index is -0.0599. The predicted octanol–water partition coefficient (Wildman–Crippen LogP) is 3.02. The maximum atomic E-state index is 10.9. The topological polar surface area (TPSA) is 42.0 Å². The molecule has 1 amide bonds. The molecule has 0 radical (unpaired) electrons. The van der Waals surface area contributed by atoms with Crippen LogP contribution in [0.5, 0.6) is 0 Å². The van der Waals surface area contributed by atoms with Gasteiger partial charge in [0.2, 0.25) is 5.91 Å². The number of amides is 1. The quantitative estimate of drug-likeness (QED) is 0.855. The average Bonchev–Trinajstić information content (AvgIpc) is 2.30.